The molecule has 1 N–H and O–H groups in total. The molecule has 5 heteroatoms. The third-order valence-corrected chi connectivity index (χ3v) is 10.2. The summed E-state index contributed by atoms with van der Waals surface area (Å²) in [5.41, 5.74) is 1.03. The first kappa shape index (κ1) is 27.1. The van der Waals surface area contributed by atoms with E-state index in [0.717, 1.165) is 36.5 Å². The van der Waals surface area contributed by atoms with Crippen molar-refractivity contribution in [3.8, 4) is 0 Å². The molecule has 0 spiro atoms. The van der Waals surface area contributed by atoms with Crippen LogP contribution in [0.2, 0.25) is 0 Å². The predicted molar refractivity (Wildman–Crippen MR) is 129 cm³/mol. The summed E-state index contributed by atoms with van der Waals surface area (Å²) in [4.78, 5) is 0. The summed E-state index contributed by atoms with van der Waals surface area (Å²) in [5.74, 6) is 4.39. The molecule has 4 rings (SSSR count). The zero-order chi connectivity index (χ0) is 23.3. The summed E-state index contributed by atoms with van der Waals surface area (Å²) in [5, 5.41) is 0. The Morgan fingerprint density at radius 2 is 1.52 bits per heavy atom. The normalized spacial score (nSPS) is 41.5. The van der Waals surface area contributed by atoms with E-state index < -0.39 is 10.4 Å². The van der Waals surface area contributed by atoms with Gasteiger partial charge in [0.25, 0.3) is 0 Å². The van der Waals surface area contributed by atoms with Gasteiger partial charge < -0.3 is 0 Å². The molecule has 0 radical (unpaired) electrons. The van der Waals surface area contributed by atoms with Gasteiger partial charge in [0.05, 0.1) is 6.61 Å². The van der Waals surface area contributed by atoms with E-state index in [2.05, 4.69) is 18.0 Å². The Morgan fingerprint density at radius 1 is 0.839 bits per heavy atom. The monoisotopic (exact) mass is 458 g/mol. The zero-order valence-corrected chi connectivity index (χ0v) is 22.0. The van der Waals surface area contributed by atoms with E-state index in [1.54, 1.807) is 0 Å². The van der Waals surface area contributed by atoms with Crippen LogP contribution in [0.3, 0.4) is 0 Å². The summed E-state index contributed by atoms with van der Waals surface area (Å²) >= 11 is 0. The van der Waals surface area contributed by atoms with Gasteiger partial charge in [-0.3, -0.25) is 4.55 Å². The van der Waals surface area contributed by atoms with Gasteiger partial charge >= 0.3 is 10.4 Å². The molecule has 0 amide bonds. The van der Waals surface area contributed by atoms with Crippen molar-refractivity contribution in [2.75, 3.05) is 6.61 Å². The Hall–Kier alpha value is -0.130. The highest BCUT2D eigenvalue weighted by Crippen LogP contribution is 2.67. The van der Waals surface area contributed by atoms with Crippen molar-refractivity contribution >= 4 is 10.4 Å². The Morgan fingerprint density at radius 3 is 2.19 bits per heavy atom. The largest absolute Gasteiger partial charge is 0.397 e. The molecule has 7 atom stereocenters. The van der Waals surface area contributed by atoms with Gasteiger partial charge in [0.1, 0.15) is 0 Å². The van der Waals surface area contributed by atoms with E-state index in [1.165, 1.54) is 64.2 Å². The highest BCUT2D eigenvalue weighted by Gasteiger charge is 2.59. The molecule has 7 unspecified atom stereocenters. The van der Waals surface area contributed by atoms with Gasteiger partial charge in [-0.2, -0.15) is 8.42 Å². The van der Waals surface area contributed by atoms with E-state index in [-0.39, 0.29) is 6.61 Å². The van der Waals surface area contributed by atoms with Crippen molar-refractivity contribution in [2.45, 2.75) is 119 Å². The first-order chi connectivity index (χ1) is 14.7. The number of hydrogen-bond donors (Lipinski definition) is 1. The lowest BCUT2D eigenvalue weighted by Gasteiger charge is -2.60. The molecule has 0 saturated heterocycles. The van der Waals surface area contributed by atoms with E-state index in [9.17, 15) is 8.42 Å². The molecule has 0 aliphatic heterocycles. The first-order valence-electron chi connectivity index (χ1n) is 13.4. The maximum Gasteiger partial charge on any atom is 0.397 e. The quantitative estimate of drug-likeness (QED) is 0.339. The van der Waals surface area contributed by atoms with Gasteiger partial charge in [-0.05, 0) is 105 Å². The summed E-state index contributed by atoms with van der Waals surface area (Å²) in [6.45, 7) is 13.3. The standard InChI is InChI=1S/C22H38O4S.2C2H6/c1-21-13-4-3-6-16(21)8-10-18-19-11-9-17(7-5-15-26-27(23,24)25)22(19,2)14-12-20(18)21;2*1-2/h16-20H,3-15H2,1-2H3,(H,23,24,25);2*1-2H3. The third-order valence-electron chi connectivity index (χ3n) is 9.71. The second-order valence-electron chi connectivity index (χ2n) is 10.6. The molecule has 4 nitrogen and oxygen atoms in total. The van der Waals surface area contributed by atoms with Crippen LogP contribution in [-0.4, -0.2) is 19.6 Å². The maximum atomic E-state index is 10.8. The Balaban J connectivity index is 0.000000807. The van der Waals surface area contributed by atoms with Crippen LogP contribution in [0.1, 0.15) is 119 Å². The first-order valence-corrected chi connectivity index (χ1v) is 14.7. The Bertz CT molecular complexity index is 648. The lowest BCUT2D eigenvalue weighted by Crippen LogP contribution is -2.52. The Kier molecular flexibility index (Phi) is 9.91. The molecule has 4 aliphatic rings. The summed E-state index contributed by atoms with van der Waals surface area (Å²) in [6.07, 6.45) is 15.9. The number of hydrogen-bond acceptors (Lipinski definition) is 3. The minimum Gasteiger partial charge on any atom is -0.264 e. The SMILES string of the molecule is CC.CC.CC12CCCCC1CCC1C2CCC2(C)C(CCCOS(=O)(=O)O)CCC12. The molecule has 0 aromatic heterocycles. The molecular formula is C26H50O4S. The lowest BCUT2D eigenvalue weighted by molar-refractivity contribution is -0.111. The number of rotatable bonds is 5. The second kappa shape index (κ2) is 11.3. The van der Waals surface area contributed by atoms with Crippen LogP contribution >= 0.6 is 0 Å². The van der Waals surface area contributed by atoms with E-state index in [1.807, 2.05) is 27.7 Å². The average molecular weight is 459 g/mol. The van der Waals surface area contributed by atoms with Crippen LogP contribution in [0.5, 0.6) is 0 Å². The van der Waals surface area contributed by atoms with Crippen molar-refractivity contribution in [1.82, 2.24) is 0 Å². The van der Waals surface area contributed by atoms with Gasteiger partial charge in [-0.1, -0.05) is 54.4 Å². The van der Waals surface area contributed by atoms with Gasteiger partial charge in [-0.15, -0.1) is 0 Å². The zero-order valence-electron chi connectivity index (χ0n) is 21.2. The Labute approximate surface area is 193 Å². The minimum absolute atomic E-state index is 0.113. The third kappa shape index (κ3) is 5.69. The fourth-order valence-electron chi connectivity index (χ4n) is 8.37. The van der Waals surface area contributed by atoms with E-state index in [0.29, 0.717) is 16.7 Å². The molecule has 4 saturated carbocycles. The maximum absolute atomic E-state index is 10.8. The molecule has 0 bridgehead atoms. The molecule has 0 aromatic rings. The van der Waals surface area contributed by atoms with Crippen molar-refractivity contribution in [1.29, 1.82) is 0 Å². The van der Waals surface area contributed by atoms with Crippen molar-refractivity contribution in [2.24, 2.45) is 40.4 Å². The highest BCUT2D eigenvalue weighted by atomic mass is 32.3. The van der Waals surface area contributed by atoms with E-state index in [4.69, 9.17) is 4.55 Å². The van der Waals surface area contributed by atoms with Crippen molar-refractivity contribution < 1.29 is 17.2 Å². The fourth-order valence-corrected chi connectivity index (χ4v) is 8.70. The molecule has 0 aromatic carbocycles. The van der Waals surface area contributed by atoms with Crippen LogP contribution < -0.4 is 0 Å². The van der Waals surface area contributed by atoms with Crippen LogP contribution in [0.15, 0.2) is 0 Å². The molecule has 4 fully saturated rings. The van der Waals surface area contributed by atoms with E-state index >= 15 is 0 Å². The fraction of sp³-hybridized carbons (Fsp3) is 1.00. The lowest BCUT2D eigenvalue weighted by atomic mass is 9.45. The van der Waals surface area contributed by atoms with Crippen LogP contribution in [0.25, 0.3) is 0 Å². The van der Waals surface area contributed by atoms with Crippen molar-refractivity contribution in [3.63, 3.8) is 0 Å². The second-order valence-corrected chi connectivity index (χ2v) is 11.7. The van der Waals surface area contributed by atoms with Crippen molar-refractivity contribution in [3.05, 3.63) is 0 Å². The van der Waals surface area contributed by atoms with Gasteiger partial charge in [0.2, 0.25) is 0 Å². The minimum atomic E-state index is -4.29. The van der Waals surface area contributed by atoms with Gasteiger partial charge in [-0.25, -0.2) is 4.18 Å². The average Bonchev–Trinajstić information content (AvgIpc) is 3.09. The molecule has 4 aliphatic carbocycles. The summed E-state index contributed by atoms with van der Waals surface area (Å²) < 4.78 is 34.8. The van der Waals surface area contributed by atoms with Gasteiger partial charge in [0, 0.05) is 0 Å². The summed E-state index contributed by atoms with van der Waals surface area (Å²) in [6, 6.07) is 0. The van der Waals surface area contributed by atoms with Gasteiger partial charge in [0.15, 0.2) is 0 Å². The topological polar surface area (TPSA) is 63.6 Å². The molecule has 31 heavy (non-hydrogen) atoms. The predicted octanol–water partition coefficient (Wildman–Crippen LogP) is 7.69. The molecular weight excluding hydrogens is 408 g/mol. The van der Waals surface area contributed by atoms with Crippen LogP contribution in [0.4, 0.5) is 0 Å². The molecule has 184 valence electrons. The molecule has 0 heterocycles. The summed E-state index contributed by atoms with van der Waals surface area (Å²) in [7, 11) is -4.29. The van der Waals surface area contributed by atoms with Crippen LogP contribution in [-0.2, 0) is 14.6 Å². The highest BCUT2D eigenvalue weighted by molar-refractivity contribution is 7.80. The number of fused-ring (bicyclic) bond motifs is 5. The van der Waals surface area contributed by atoms with Crippen LogP contribution in [0, 0.1) is 40.4 Å². The smallest absolute Gasteiger partial charge is 0.264 e.